The molecule has 0 aromatic carbocycles. The second-order valence-electron chi connectivity index (χ2n) is 3.20. The topological polar surface area (TPSA) is 76.4 Å². The van der Waals surface area contributed by atoms with Crippen molar-refractivity contribution in [2.24, 2.45) is 16.5 Å². The van der Waals surface area contributed by atoms with Gasteiger partial charge in [-0.15, -0.1) is 11.3 Å². The monoisotopic (exact) mass is 208 g/mol. The highest BCUT2D eigenvalue weighted by molar-refractivity contribution is 7.09. The van der Waals surface area contributed by atoms with E-state index < -0.39 is 5.66 Å². The van der Waals surface area contributed by atoms with Gasteiger partial charge in [0.1, 0.15) is 0 Å². The Labute approximate surface area is 86.3 Å². The molecule has 1 aliphatic rings. The van der Waals surface area contributed by atoms with Crippen molar-refractivity contribution in [3.05, 3.63) is 34.3 Å². The van der Waals surface area contributed by atoms with E-state index in [1.165, 1.54) is 4.88 Å². The Morgan fingerprint density at radius 2 is 2.43 bits per heavy atom. The van der Waals surface area contributed by atoms with Gasteiger partial charge in [-0.05, 0) is 11.4 Å². The Kier molecular flexibility index (Phi) is 2.26. The minimum absolute atomic E-state index is 0.563. The summed E-state index contributed by atoms with van der Waals surface area (Å²) in [5, 5.41) is 4.83. The number of nitrogens with two attached hydrogens (primary N) is 2. The standard InChI is InChI=1S/C9H12N4S/c10-8-5-12-6-13-9(8,11)4-7-2-1-3-14-7/h1-3,5-6H,4,10-11H2,(H,12,13). The van der Waals surface area contributed by atoms with E-state index in [0.29, 0.717) is 12.1 Å². The Morgan fingerprint density at radius 3 is 3.07 bits per heavy atom. The zero-order valence-corrected chi connectivity index (χ0v) is 8.42. The molecule has 0 radical (unpaired) electrons. The molecule has 0 bridgehead atoms. The van der Waals surface area contributed by atoms with E-state index in [4.69, 9.17) is 11.5 Å². The van der Waals surface area contributed by atoms with E-state index in [9.17, 15) is 0 Å². The lowest BCUT2D eigenvalue weighted by atomic mass is 10.0. The smallest absolute Gasteiger partial charge is 0.156 e. The lowest BCUT2D eigenvalue weighted by Crippen LogP contribution is -2.48. The molecular weight excluding hydrogens is 196 g/mol. The molecule has 14 heavy (non-hydrogen) atoms. The summed E-state index contributed by atoms with van der Waals surface area (Å²) in [6.45, 7) is 0. The number of thiophene rings is 1. The van der Waals surface area contributed by atoms with Crippen LogP contribution in [-0.4, -0.2) is 12.0 Å². The number of nitrogens with one attached hydrogen (secondary N) is 1. The highest BCUT2D eigenvalue weighted by atomic mass is 32.1. The third-order valence-corrected chi connectivity index (χ3v) is 3.01. The van der Waals surface area contributed by atoms with Crippen molar-refractivity contribution in [1.82, 2.24) is 5.32 Å². The first-order valence-corrected chi connectivity index (χ1v) is 5.16. The van der Waals surface area contributed by atoms with E-state index in [0.717, 1.165) is 0 Å². The van der Waals surface area contributed by atoms with E-state index in [-0.39, 0.29) is 0 Å². The van der Waals surface area contributed by atoms with Crippen LogP contribution in [0.25, 0.3) is 0 Å². The minimum Gasteiger partial charge on any atom is -0.398 e. The maximum Gasteiger partial charge on any atom is 0.156 e. The van der Waals surface area contributed by atoms with Gasteiger partial charge < -0.3 is 16.8 Å². The summed E-state index contributed by atoms with van der Waals surface area (Å²) < 4.78 is 0. The molecule has 1 atom stereocenters. The number of nitrogens with zero attached hydrogens (tertiary/aromatic N) is 1. The van der Waals surface area contributed by atoms with Crippen LogP contribution < -0.4 is 16.8 Å². The summed E-state index contributed by atoms with van der Waals surface area (Å²) in [4.78, 5) is 5.36. The van der Waals surface area contributed by atoms with Gasteiger partial charge in [0, 0.05) is 17.5 Å². The second kappa shape index (κ2) is 3.43. The Morgan fingerprint density at radius 1 is 1.57 bits per heavy atom. The maximum absolute atomic E-state index is 6.07. The molecule has 74 valence electrons. The summed E-state index contributed by atoms with van der Waals surface area (Å²) in [7, 11) is 0. The van der Waals surface area contributed by atoms with Gasteiger partial charge in [-0.3, -0.25) is 0 Å². The molecule has 4 nitrogen and oxygen atoms in total. The fraction of sp³-hybridized carbons (Fsp3) is 0.222. The van der Waals surface area contributed by atoms with E-state index in [1.54, 1.807) is 23.9 Å². The summed E-state index contributed by atoms with van der Waals surface area (Å²) in [6, 6.07) is 4.03. The van der Waals surface area contributed by atoms with Gasteiger partial charge in [-0.2, -0.15) is 0 Å². The molecule has 0 aliphatic carbocycles. The molecule has 5 heteroatoms. The SMILES string of the molecule is NC1=CNC=NC1(N)Cc1cccs1. The van der Waals surface area contributed by atoms with Crippen molar-refractivity contribution in [2.75, 3.05) is 0 Å². The Bertz CT molecular complexity index is 368. The molecule has 0 amide bonds. The maximum atomic E-state index is 6.07. The van der Waals surface area contributed by atoms with Gasteiger partial charge >= 0.3 is 0 Å². The quantitative estimate of drug-likeness (QED) is 0.657. The first kappa shape index (κ1) is 9.23. The first-order chi connectivity index (χ1) is 6.71. The summed E-state index contributed by atoms with van der Waals surface area (Å²) in [5.74, 6) is 0. The van der Waals surface area contributed by atoms with Crippen LogP contribution in [0.3, 0.4) is 0 Å². The van der Waals surface area contributed by atoms with Crippen molar-refractivity contribution in [3.63, 3.8) is 0 Å². The predicted octanol–water partition coefficient (Wildman–Crippen LogP) is 0.377. The van der Waals surface area contributed by atoms with E-state index in [1.807, 2.05) is 17.5 Å². The number of aliphatic imine (C=N–C) groups is 1. The molecule has 2 rings (SSSR count). The van der Waals surface area contributed by atoms with Crippen LogP contribution in [0.15, 0.2) is 34.4 Å². The van der Waals surface area contributed by atoms with Crippen molar-refractivity contribution in [1.29, 1.82) is 0 Å². The minimum atomic E-state index is -0.782. The molecule has 1 aliphatic heterocycles. The Hall–Kier alpha value is -1.33. The van der Waals surface area contributed by atoms with Crippen LogP contribution in [-0.2, 0) is 6.42 Å². The van der Waals surface area contributed by atoms with Crippen LogP contribution in [0.1, 0.15) is 4.88 Å². The van der Waals surface area contributed by atoms with Crippen molar-refractivity contribution in [3.8, 4) is 0 Å². The highest BCUT2D eigenvalue weighted by Gasteiger charge is 2.29. The lowest BCUT2D eigenvalue weighted by molar-refractivity contribution is 0.510. The summed E-state index contributed by atoms with van der Waals surface area (Å²) >= 11 is 1.66. The molecule has 1 unspecified atom stereocenters. The van der Waals surface area contributed by atoms with Gasteiger partial charge in [-0.25, -0.2) is 4.99 Å². The first-order valence-electron chi connectivity index (χ1n) is 4.28. The van der Waals surface area contributed by atoms with Gasteiger partial charge in [-0.1, -0.05) is 6.07 Å². The zero-order valence-electron chi connectivity index (χ0n) is 7.60. The van der Waals surface area contributed by atoms with Gasteiger partial charge in [0.25, 0.3) is 0 Å². The lowest BCUT2D eigenvalue weighted by Gasteiger charge is -2.27. The molecule has 0 fully saturated rings. The zero-order chi connectivity index (χ0) is 10.0. The summed E-state index contributed by atoms with van der Waals surface area (Å²) in [5.41, 5.74) is 11.6. The van der Waals surface area contributed by atoms with Gasteiger partial charge in [0.05, 0.1) is 12.0 Å². The Balaban J connectivity index is 2.20. The number of rotatable bonds is 2. The second-order valence-corrected chi connectivity index (χ2v) is 4.24. The third-order valence-electron chi connectivity index (χ3n) is 2.13. The molecule has 0 saturated carbocycles. The molecule has 5 N–H and O–H groups in total. The molecule has 0 spiro atoms. The van der Waals surface area contributed by atoms with Crippen LogP contribution in [0, 0.1) is 0 Å². The molecule has 0 saturated heterocycles. The third kappa shape index (κ3) is 1.64. The normalized spacial score (nSPS) is 25.6. The van der Waals surface area contributed by atoms with Gasteiger partial charge in [0.15, 0.2) is 5.66 Å². The van der Waals surface area contributed by atoms with Crippen molar-refractivity contribution >= 4 is 17.7 Å². The average Bonchev–Trinajstić information content (AvgIpc) is 2.63. The van der Waals surface area contributed by atoms with Crippen molar-refractivity contribution in [2.45, 2.75) is 12.1 Å². The predicted molar refractivity (Wildman–Crippen MR) is 58.8 cm³/mol. The molecule has 2 heterocycles. The fourth-order valence-electron chi connectivity index (χ4n) is 1.31. The fourth-order valence-corrected chi connectivity index (χ4v) is 2.10. The molecular formula is C9H12N4S. The van der Waals surface area contributed by atoms with Crippen LogP contribution in [0.4, 0.5) is 0 Å². The largest absolute Gasteiger partial charge is 0.398 e. The highest BCUT2D eigenvalue weighted by Crippen LogP contribution is 2.21. The number of hydrogen-bond acceptors (Lipinski definition) is 5. The van der Waals surface area contributed by atoms with Gasteiger partial charge in [0.2, 0.25) is 0 Å². The van der Waals surface area contributed by atoms with E-state index >= 15 is 0 Å². The van der Waals surface area contributed by atoms with Crippen LogP contribution in [0.5, 0.6) is 0 Å². The van der Waals surface area contributed by atoms with Crippen LogP contribution in [0.2, 0.25) is 0 Å². The van der Waals surface area contributed by atoms with E-state index in [2.05, 4.69) is 10.3 Å². The van der Waals surface area contributed by atoms with Crippen LogP contribution >= 0.6 is 11.3 Å². The molecule has 1 aromatic heterocycles. The summed E-state index contributed by atoms with van der Waals surface area (Å²) in [6.07, 6.45) is 3.90. The molecule has 1 aromatic rings. The number of hydrogen-bond donors (Lipinski definition) is 3. The van der Waals surface area contributed by atoms with Crippen molar-refractivity contribution < 1.29 is 0 Å². The average molecular weight is 208 g/mol.